The molecule has 1 aromatic carbocycles. The number of aromatic amines is 1. The molecule has 0 unspecified atom stereocenters. The second kappa shape index (κ2) is 7.33. The van der Waals surface area contributed by atoms with Crippen LogP contribution in [0.1, 0.15) is 40.2 Å². The Morgan fingerprint density at radius 3 is 2.33 bits per heavy atom. The molecule has 1 amide bonds. The summed E-state index contributed by atoms with van der Waals surface area (Å²) < 4.78 is 12.3. The maximum Gasteiger partial charge on any atom is 0.492 e. The minimum Gasteiger partial charge on any atom is -0.400 e. The Hall–Kier alpha value is -2.38. The first-order valence-corrected chi connectivity index (χ1v) is 9.07. The summed E-state index contributed by atoms with van der Waals surface area (Å²) in [5, 5.41) is 2.85. The van der Waals surface area contributed by atoms with Gasteiger partial charge in [-0.25, -0.2) is 4.98 Å². The van der Waals surface area contributed by atoms with E-state index in [1.54, 1.807) is 12.5 Å². The summed E-state index contributed by atoms with van der Waals surface area (Å²) in [5.41, 5.74) is 3.04. The molecule has 1 aliphatic heterocycles. The van der Waals surface area contributed by atoms with Gasteiger partial charge in [-0.15, -0.1) is 0 Å². The average molecular weight is 367 g/mol. The zero-order valence-electron chi connectivity index (χ0n) is 16.5. The summed E-state index contributed by atoms with van der Waals surface area (Å²) in [6, 6.07) is 8.10. The number of H-pyrrole nitrogens is 1. The number of hydrogen-bond donors (Lipinski definition) is 2. The molecule has 27 heavy (non-hydrogen) atoms. The van der Waals surface area contributed by atoms with E-state index in [0.29, 0.717) is 6.54 Å². The van der Waals surface area contributed by atoms with Crippen LogP contribution in [0.3, 0.4) is 0 Å². The predicted octanol–water partition coefficient (Wildman–Crippen LogP) is 3.23. The van der Waals surface area contributed by atoms with Crippen molar-refractivity contribution in [2.24, 2.45) is 0 Å². The third-order valence-corrected chi connectivity index (χ3v) is 5.17. The highest BCUT2D eigenvalue weighted by molar-refractivity contribution is 6.56. The van der Waals surface area contributed by atoms with E-state index in [1.807, 2.05) is 58.0 Å². The van der Waals surface area contributed by atoms with Crippen LogP contribution < -0.4 is 5.32 Å². The minimum absolute atomic E-state index is 0.0907. The third-order valence-electron chi connectivity index (χ3n) is 5.17. The molecule has 0 atom stereocenters. The smallest absolute Gasteiger partial charge is 0.400 e. The zero-order chi connectivity index (χ0) is 19.7. The van der Waals surface area contributed by atoms with Gasteiger partial charge in [0.25, 0.3) is 0 Å². The minimum atomic E-state index is -0.505. The highest BCUT2D eigenvalue weighted by Gasteiger charge is 2.52. The van der Waals surface area contributed by atoms with Crippen molar-refractivity contribution in [1.29, 1.82) is 0 Å². The highest BCUT2D eigenvalue weighted by Crippen LogP contribution is 2.38. The largest absolute Gasteiger partial charge is 0.492 e. The zero-order valence-corrected chi connectivity index (χ0v) is 16.5. The van der Waals surface area contributed by atoms with Gasteiger partial charge < -0.3 is 19.6 Å². The van der Waals surface area contributed by atoms with Crippen molar-refractivity contribution in [2.75, 3.05) is 6.54 Å². The third kappa shape index (κ3) is 4.31. The normalized spacial score (nSPS) is 18.6. The van der Waals surface area contributed by atoms with Crippen LogP contribution in [0.25, 0.3) is 17.3 Å². The van der Waals surface area contributed by atoms with E-state index in [0.717, 1.165) is 22.3 Å². The molecule has 2 aromatic rings. The number of amides is 1. The lowest BCUT2D eigenvalue weighted by atomic mass is 9.77. The van der Waals surface area contributed by atoms with Crippen molar-refractivity contribution in [3.05, 3.63) is 47.8 Å². The average Bonchev–Trinajstić information content (AvgIpc) is 3.18. The van der Waals surface area contributed by atoms with Gasteiger partial charge in [-0.1, -0.05) is 30.3 Å². The lowest BCUT2D eigenvalue weighted by molar-refractivity contribution is -0.118. The van der Waals surface area contributed by atoms with Gasteiger partial charge in [-0.2, -0.15) is 0 Å². The molecule has 0 bridgehead atoms. The van der Waals surface area contributed by atoms with E-state index in [4.69, 9.17) is 9.31 Å². The Morgan fingerprint density at radius 2 is 1.81 bits per heavy atom. The van der Waals surface area contributed by atoms with Crippen LogP contribution in [0.2, 0.25) is 0 Å². The van der Waals surface area contributed by atoms with E-state index < -0.39 is 18.3 Å². The summed E-state index contributed by atoms with van der Waals surface area (Å²) in [6.07, 6.45) is 5.46. The number of rotatable bonds is 5. The first-order chi connectivity index (χ1) is 12.7. The summed E-state index contributed by atoms with van der Waals surface area (Å²) in [7, 11) is -0.505. The number of hydrogen-bond acceptors (Lipinski definition) is 4. The summed E-state index contributed by atoms with van der Waals surface area (Å²) in [4.78, 5) is 18.6. The second-order valence-electron chi connectivity index (χ2n) is 7.80. The molecule has 1 aromatic heterocycles. The maximum absolute atomic E-state index is 11.4. The molecule has 2 heterocycles. The van der Waals surface area contributed by atoms with Crippen LogP contribution in [-0.2, 0) is 14.1 Å². The van der Waals surface area contributed by atoms with E-state index >= 15 is 0 Å². The lowest BCUT2D eigenvalue weighted by Crippen LogP contribution is -2.41. The molecule has 1 saturated heterocycles. The maximum atomic E-state index is 11.4. The molecular formula is C20H26BN3O3. The van der Waals surface area contributed by atoms with Crippen LogP contribution >= 0.6 is 0 Å². The summed E-state index contributed by atoms with van der Waals surface area (Å²) in [5.74, 6) is -0.0907. The fraction of sp³-hybridized carbons (Fsp3) is 0.400. The first-order valence-electron chi connectivity index (χ1n) is 9.07. The molecule has 1 fully saturated rings. The van der Waals surface area contributed by atoms with E-state index in [9.17, 15) is 4.79 Å². The van der Waals surface area contributed by atoms with Gasteiger partial charge in [0.15, 0.2) is 0 Å². The molecule has 0 saturated carbocycles. The van der Waals surface area contributed by atoms with Crippen LogP contribution in [0.5, 0.6) is 0 Å². The highest BCUT2D eigenvalue weighted by atomic mass is 16.7. The van der Waals surface area contributed by atoms with Crippen molar-refractivity contribution >= 4 is 19.1 Å². The van der Waals surface area contributed by atoms with Crippen LogP contribution in [-0.4, -0.2) is 40.7 Å². The standard InChI is InChI=1S/C20H26BN3O3/c1-14(25)23-11-17(21-26-19(2,3)20(4,5)27-21)10-15-6-8-16(9-7-15)18-12-22-13-24-18/h6-10,12-13H,11H2,1-5H3,(H,22,24)(H,23,25). The molecular weight excluding hydrogens is 341 g/mol. The number of nitrogens with zero attached hydrogens (tertiary/aromatic N) is 1. The molecule has 0 aliphatic carbocycles. The Balaban J connectivity index is 1.85. The number of aromatic nitrogens is 2. The van der Waals surface area contributed by atoms with Crippen LogP contribution in [0, 0.1) is 0 Å². The summed E-state index contributed by atoms with van der Waals surface area (Å²) >= 11 is 0. The van der Waals surface area contributed by atoms with Crippen molar-refractivity contribution < 1.29 is 14.1 Å². The van der Waals surface area contributed by atoms with Gasteiger partial charge in [0.2, 0.25) is 5.91 Å². The van der Waals surface area contributed by atoms with Crippen LogP contribution in [0.15, 0.2) is 42.3 Å². The number of carbonyl (C=O) groups excluding carboxylic acids is 1. The topological polar surface area (TPSA) is 76.2 Å². The van der Waals surface area contributed by atoms with Gasteiger partial charge in [0, 0.05) is 13.5 Å². The quantitative estimate of drug-likeness (QED) is 0.796. The number of imidazole rings is 1. The molecule has 0 spiro atoms. The number of benzene rings is 1. The molecule has 3 rings (SSSR count). The van der Waals surface area contributed by atoms with E-state index in [-0.39, 0.29) is 5.91 Å². The SMILES string of the molecule is CC(=O)NCC(=Cc1ccc(-c2cnc[nH]2)cc1)B1OC(C)(C)C(C)(C)O1. The van der Waals surface area contributed by atoms with Crippen LogP contribution in [0.4, 0.5) is 0 Å². The molecule has 142 valence electrons. The Morgan fingerprint density at radius 1 is 1.19 bits per heavy atom. The van der Waals surface area contributed by atoms with E-state index in [2.05, 4.69) is 15.3 Å². The monoisotopic (exact) mass is 367 g/mol. The summed E-state index contributed by atoms with van der Waals surface area (Å²) in [6.45, 7) is 9.93. The van der Waals surface area contributed by atoms with Gasteiger partial charge in [0.05, 0.1) is 29.4 Å². The molecule has 7 heteroatoms. The Labute approximate surface area is 160 Å². The predicted molar refractivity (Wildman–Crippen MR) is 107 cm³/mol. The fourth-order valence-electron chi connectivity index (χ4n) is 2.81. The Bertz CT molecular complexity index is 811. The number of carbonyl (C=O) groups is 1. The molecule has 6 nitrogen and oxygen atoms in total. The number of nitrogens with one attached hydrogen (secondary N) is 2. The molecule has 0 radical (unpaired) electrons. The van der Waals surface area contributed by atoms with Gasteiger partial charge >= 0.3 is 7.12 Å². The van der Waals surface area contributed by atoms with Crippen molar-refractivity contribution in [2.45, 2.75) is 45.8 Å². The Kier molecular flexibility index (Phi) is 5.26. The van der Waals surface area contributed by atoms with Gasteiger partial charge in [-0.3, -0.25) is 4.79 Å². The fourth-order valence-corrected chi connectivity index (χ4v) is 2.81. The lowest BCUT2D eigenvalue weighted by Gasteiger charge is -2.32. The molecule has 2 N–H and O–H groups in total. The van der Waals surface area contributed by atoms with Gasteiger partial charge in [-0.05, 0) is 44.3 Å². The van der Waals surface area contributed by atoms with E-state index in [1.165, 1.54) is 6.92 Å². The van der Waals surface area contributed by atoms with Crippen molar-refractivity contribution in [3.8, 4) is 11.3 Å². The first kappa shape index (κ1) is 19.4. The van der Waals surface area contributed by atoms with Gasteiger partial charge in [0.1, 0.15) is 0 Å². The van der Waals surface area contributed by atoms with Crippen molar-refractivity contribution in [1.82, 2.24) is 15.3 Å². The van der Waals surface area contributed by atoms with Crippen molar-refractivity contribution in [3.63, 3.8) is 0 Å². The second-order valence-corrected chi connectivity index (χ2v) is 7.80. The molecule has 1 aliphatic rings.